The molecule has 192 valence electrons. The van der Waals surface area contributed by atoms with Crippen LogP contribution in [0.2, 0.25) is 0 Å². The number of carbonyl (C=O) groups excluding carboxylic acids is 2. The van der Waals surface area contributed by atoms with Gasteiger partial charge in [-0.25, -0.2) is 4.98 Å². The largest absolute Gasteiger partial charge is 0.497 e. The number of esters is 1. The number of hydrogen-bond acceptors (Lipinski definition) is 8. The zero-order valence-corrected chi connectivity index (χ0v) is 22.2. The first-order valence-corrected chi connectivity index (χ1v) is 14.0. The van der Waals surface area contributed by atoms with Crippen molar-refractivity contribution < 1.29 is 23.5 Å². The van der Waals surface area contributed by atoms with Crippen LogP contribution in [0.4, 0.5) is 4.39 Å². The van der Waals surface area contributed by atoms with E-state index in [9.17, 15) is 14.0 Å². The number of halogens is 1. The Labute approximate surface area is 219 Å². The molecule has 4 rings (SSSR count). The third-order valence-corrected chi connectivity index (χ3v) is 8.92. The standard InChI is InChI=1S/C27H31FN2O4S2/c1-33-20-6-7-23-21(15-20)22(16-25(28)29-23)24(31)8-5-18-9-10-30(17-19(18)14-26(32)34-2)11-13-36-27-4-3-12-35-27/h3-4,6-7,12,15-16,18-19H,5,8-11,13-14,17H2,1-2H3. The lowest BCUT2D eigenvalue weighted by molar-refractivity contribution is -0.142. The van der Waals surface area contributed by atoms with Gasteiger partial charge in [-0.1, -0.05) is 6.07 Å². The van der Waals surface area contributed by atoms with Gasteiger partial charge in [-0.15, -0.1) is 23.1 Å². The van der Waals surface area contributed by atoms with Crippen LogP contribution in [-0.2, 0) is 9.53 Å². The highest BCUT2D eigenvalue weighted by Crippen LogP contribution is 2.33. The fourth-order valence-electron chi connectivity index (χ4n) is 4.87. The van der Waals surface area contributed by atoms with Gasteiger partial charge in [-0.2, -0.15) is 4.39 Å². The Morgan fingerprint density at radius 1 is 1.22 bits per heavy atom. The molecule has 2 aromatic heterocycles. The highest BCUT2D eigenvalue weighted by Gasteiger charge is 2.31. The van der Waals surface area contributed by atoms with E-state index in [2.05, 4.69) is 27.4 Å². The van der Waals surface area contributed by atoms with Gasteiger partial charge in [-0.05, 0) is 60.9 Å². The molecule has 1 aliphatic rings. The number of likely N-dealkylation sites (tertiary alicyclic amines) is 1. The minimum absolute atomic E-state index is 0.122. The molecule has 2 unspecified atom stereocenters. The first kappa shape index (κ1) is 26.6. The monoisotopic (exact) mass is 530 g/mol. The minimum atomic E-state index is -0.673. The highest BCUT2D eigenvalue weighted by atomic mass is 32.2. The molecule has 1 fully saturated rings. The fourth-order valence-corrected chi connectivity index (χ4v) is 6.73. The van der Waals surface area contributed by atoms with Gasteiger partial charge >= 0.3 is 5.97 Å². The van der Waals surface area contributed by atoms with Gasteiger partial charge in [0.2, 0.25) is 5.95 Å². The Kier molecular flexibility index (Phi) is 9.34. The minimum Gasteiger partial charge on any atom is -0.497 e. The molecule has 1 aromatic carbocycles. The summed E-state index contributed by atoms with van der Waals surface area (Å²) in [5, 5.41) is 2.67. The van der Waals surface area contributed by atoms with Crippen LogP contribution in [0.5, 0.6) is 5.75 Å². The number of thioether (sulfide) groups is 1. The Morgan fingerprint density at radius 3 is 2.83 bits per heavy atom. The third-order valence-electron chi connectivity index (χ3n) is 6.81. The number of hydrogen-bond donors (Lipinski definition) is 0. The van der Waals surface area contributed by atoms with E-state index in [1.165, 1.54) is 17.4 Å². The Bertz CT molecular complexity index is 1190. The normalized spacial score (nSPS) is 18.3. The third kappa shape index (κ3) is 6.83. The van der Waals surface area contributed by atoms with Gasteiger partial charge < -0.3 is 14.4 Å². The van der Waals surface area contributed by atoms with Crippen LogP contribution in [0.3, 0.4) is 0 Å². The van der Waals surface area contributed by atoms with Crippen molar-refractivity contribution in [1.29, 1.82) is 0 Å². The van der Waals surface area contributed by atoms with Crippen molar-refractivity contribution in [2.45, 2.75) is 29.9 Å². The summed E-state index contributed by atoms with van der Waals surface area (Å²) < 4.78 is 25.7. The first-order chi connectivity index (χ1) is 17.5. The summed E-state index contributed by atoms with van der Waals surface area (Å²) in [7, 11) is 2.96. The molecular formula is C27H31FN2O4S2. The van der Waals surface area contributed by atoms with Gasteiger partial charge in [0.05, 0.1) is 23.9 Å². The van der Waals surface area contributed by atoms with Crippen LogP contribution >= 0.6 is 23.1 Å². The molecule has 0 saturated carbocycles. The topological polar surface area (TPSA) is 68.7 Å². The maximum absolute atomic E-state index is 14.2. The summed E-state index contributed by atoms with van der Waals surface area (Å²) in [6.07, 6.45) is 2.19. The molecule has 0 radical (unpaired) electrons. The lowest BCUT2D eigenvalue weighted by Crippen LogP contribution is -2.42. The number of Topliss-reactive ketones (excluding diaryl/α,β-unsaturated/α-hetero) is 1. The molecule has 1 saturated heterocycles. The second-order valence-electron chi connectivity index (χ2n) is 9.01. The van der Waals surface area contributed by atoms with E-state index in [-0.39, 0.29) is 30.0 Å². The second-order valence-corrected chi connectivity index (χ2v) is 11.4. The number of benzene rings is 1. The quantitative estimate of drug-likeness (QED) is 0.136. The second kappa shape index (κ2) is 12.7. The average molecular weight is 531 g/mol. The predicted octanol–water partition coefficient (Wildman–Crippen LogP) is 5.70. The number of carbonyl (C=O) groups is 2. The summed E-state index contributed by atoms with van der Waals surface area (Å²) in [6.45, 7) is 2.70. The van der Waals surface area contributed by atoms with E-state index >= 15 is 0 Å². The lowest BCUT2D eigenvalue weighted by Gasteiger charge is -2.38. The lowest BCUT2D eigenvalue weighted by atomic mass is 9.79. The van der Waals surface area contributed by atoms with Gasteiger partial charge in [0.15, 0.2) is 5.78 Å². The van der Waals surface area contributed by atoms with Crippen LogP contribution in [0.25, 0.3) is 10.9 Å². The molecule has 0 N–H and O–H groups in total. The van der Waals surface area contributed by atoms with E-state index in [0.29, 0.717) is 35.1 Å². The zero-order valence-electron chi connectivity index (χ0n) is 20.6. The zero-order chi connectivity index (χ0) is 25.5. The van der Waals surface area contributed by atoms with Crippen LogP contribution in [0.1, 0.15) is 36.0 Å². The van der Waals surface area contributed by atoms with Crippen LogP contribution < -0.4 is 4.74 Å². The van der Waals surface area contributed by atoms with Crippen LogP contribution in [-0.4, -0.2) is 61.2 Å². The maximum Gasteiger partial charge on any atom is 0.305 e. The van der Waals surface area contributed by atoms with E-state index in [1.54, 1.807) is 36.6 Å². The molecular weight excluding hydrogens is 499 g/mol. The van der Waals surface area contributed by atoms with Gasteiger partial charge in [0.25, 0.3) is 0 Å². The van der Waals surface area contributed by atoms with Crippen LogP contribution in [0, 0.1) is 17.8 Å². The Hall–Kier alpha value is -2.49. The number of rotatable bonds is 11. The molecule has 0 bridgehead atoms. The Morgan fingerprint density at radius 2 is 2.08 bits per heavy atom. The molecule has 6 nitrogen and oxygen atoms in total. The molecule has 3 heterocycles. The van der Waals surface area contributed by atoms with E-state index in [0.717, 1.165) is 31.8 Å². The number of nitrogens with zero attached hydrogens (tertiary/aromatic N) is 2. The number of methoxy groups -OCH3 is 2. The summed E-state index contributed by atoms with van der Waals surface area (Å²) >= 11 is 3.60. The van der Waals surface area contributed by atoms with Gasteiger partial charge in [0, 0.05) is 48.7 Å². The molecule has 0 amide bonds. The van der Waals surface area contributed by atoms with Crippen molar-refractivity contribution in [3.8, 4) is 5.75 Å². The number of piperidine rings is 1. The van der Waals surface area contributed by atoms with Gasteiger partial charge in [0.1, 0.15) is 5.75 Å². The van der Waals surface area contributed by atoms with Gasteiger partial charge in [-0.3, -0.25) is 9.59 Å². The predicted molar refractivity (Wildman–Crippen MR) is 142 cm³/mol. The first-order valence-electron chi connectivity index (χ1n) is 12.1. The smallest absolute Gasteiger partial charge is 0.305 e. The number of ether oxygens (including phenoxy) is 2. The molecule has 3 aromatic rings. The fraction of sp³-hybridized carbons (Fsp3) is 0.444. The van der Waals surface area contributed by atoms with Crippen molar-refractivity contribution in [3.05, 3.63) is 53.3 Å². The molecule has 0 aliphatic carbocycles. The van der Waals surface area contributed by atoms with E-state index < -0.39 is 5.95 Å². The van der Waals surface area contributed by atoms with Crippen molar-refractivity contribution in [1.82, 2.24) is 9.88 Å². The van der Waals surface area contributed by atoms with Crippen molar-refractivity contribution in [3.63, 3.8) is 0 Å². The van der Waals surface area contributed by atoms with Crippen LogP contribution in [0.15, 0.2) is 46.0 Å². The number of fused-ring (bicyclic) bond motifs is 1. The van der Waals surface area contributed by atoms with Crippen molar-refractivity contribution in [2.24, 2.45) is 11.8 Å². The molecule has 1 aliphatic heterocycles. The van der Waals surface area contributed by atoms with E-state index in [4.69, 9.17) is 9.47 Å². The molecule has 36 heavy (non-hydrogen) atoms. The number of pyridine rings is 1. The molecule has 0 spiro atoms. The highest BCUT2D eigenvalue weighted by molar-refractivity contribution is 8.01. The van der Waals surface area contributed by atoms with E-state index in [1.807, 2.05) is 11.8 Å². The Balaban J connectivity index is 1.40. The van der Waals surface area contributed by atoms with Crippen molar-refractivity contribution >= 4 is 45.8 Å². The summed E-state index contributed by atoms with van der Waals surface area (Å²) in [5.74, 6) is 0.916. The summed E-state index contributed by atoms with van der Waals surface area (Å²) in [4.78, 5) is 31.7. The molecule has 2 atom stereocenters. The number of ketones is 1. The maximum atomic E-state index is 14.2. The number of thiophene rings is 1. The average Bonchev–Trinajstić information content (AvgIpc) is 3.40. The number of aromatic nitrogens is 1. The summed E-state index contributed by atoms with van der Waals surface area (Å²) in [6, 6.07) is 10.5. The SMILES string of the molecule is COC(=O)CC1CN(CCSc2cccs2)CCC1CCC(=O)c1cc(F)nc2ccc(OC)cc12. The molecule has 9 heteroatoms. The van der Waals surface area contributed by atoms with Crippen molar-refractivity contribution in [2.75, 3.05) is 39.6 Å². The summed E-state index contributed by atoms with van der Waals surface area (Å²) in [5.41, 5.74) is 0.750.